The lowest BCUT2D eigenvalue weighted by Gasteiger charge is -2.39. The van der Waals surface area contributed by atoms with E-state index in [-0.39, 0.29) is 24.3 Å². The lowest BCUT2D eigenvalue weighted by atomic mass is 10.00. The van der Waals surface area contributed by atoms with Crippen LogP contribution in [0.5, 0.6) is 0 Å². The van der Waals surface area contributed by atoms with Gasteiger partial charge in [-0.25, -0.2) is 22.9 Å². The highest BCUT2D eigenvalue weighted by molar-refractivity contribution is 7.92. The van der Waals surface area contributed by atoms with Gasteiger partial charge in [-0.3, -0.25) is 4.72 Å². The van der Waals surface area contributed by atoms with Gasteiger partial charge in [0.2, 0.25) is 10.0 Å². The molecule has 2 N–H and O–H groups in total. The van der Waals surface area contributed by atoms with Crippen molar-refractivity contribution in [3.05, 3.63) is 65.4 Å². The third-order valence-corrected chi connectivity index (χ3v) is 7.69. The van der Waals surface area contributed by atoms with E-state index in [2.05, 4.69) is 25.3 Å². The summed E-state index contributed by atoms with van der Waals surface area (Å²) >= 11 is 6.19. The number of aromatic nitrogens is 4. The first-order valence-electron chi connectivity index (χ1n) is 13.9. The topological polar surface area (TPSA) is 131 Å². The smallest absolute Gasteiger partial charge is 0.433 e. The van der Waals surface area contributed by atoms with Crippen LogP contribution in [0, 0.1) is 0 Å². The molecule has 2 aromatic carbocycles. The predicted octanol–water partition coefficient (Wildman–Crippen LogP) is 6.20. The van der Waals surface area contributed by atoms with Crippen LogP contribution in [0.25, 0.3) is 22.2 Å². The number of benzene rings is 2. The normalized spacial score (nSPS) is 17.7. The quantitative estimate of drug-likeness (QED) is 0.249. The Bertz CT molecular complexity index is 1840. The van der Waals surface area contributed by atoms with Crippen molar-refractivity contribution in [1.29, 1.82) is 0 Å². The molecule has 11 nitrogen and oxygen atoms in total. The fourth-order valence-electron chi connectivity index (χ4n) is 5.07. The third kappa shape index (κ3) is 8.14. The number of piperidine rings is 1. The number of ether oxygens (including phenoxy) is 1. The maximum absolute atomic E-state index is 13.8. The molecule has 5 rings (SSSR count). The molecule has 16 heteroatoms. The molecule has 45 heavy (non-hydrogen) atoms. The number of fused-ring (bicyclic) bond motifs is 1. The molecule has 0 unspecified atom stereocenters. The van der Waals surface area contributed by atoms with Crippen LogP contribution < -0.4 is 10.0 Å². The molecule has 1 amide bonds. The van der Waals surface area contributed by atoms with Crippen LogP contribution in [-0.2, 0) is 20.9 Å². The van der Waals surface area contributed by atoms with Crippen LogP contribution in [0.15, 0.2) is 54.7 Å². The average Bonchev–Trinajstić information content (AvgIpc) is 3.41. The van der Waals surface area contributed by atoms with E-state index in [0.29, 0.717) is 33.8 Å². The predicted molar refractivity (Wildman–Crippen MR) is 165 cm³/mol. The molecule has 0 bridgehead atoms. The number of amides is 1. The number of likely N-dealkylation sites (tertiary alicyclic amines) is 1. The number of hydrogen-bond acceptors (Lipinski definition) is 8. The molecule has 1 aliphatic rings. The lowest BCUT2D eigenvalue weighted by Crippen LogP contribution is -2.50. The molecule has 1 saturated heterocycles. The number of carbonyl (C=O) groups excluding carboxylic acids is 1. The maximum atomic E-state index is 13.8. The van der Waals surface area contributed by atoms with Gasteiger partial charge in [0.1, 0.15) is 17.0 Å². The molecule has 0 saturated carbocycles. The molecule has 2 aromatic heterocycles. The van der Waals surface area contributed by atoms with Crippen molar-refractivity contribution in [3.63, 3.8) is 0 Å². The zero-order valence-corrected chi connectivity index (χ0v) is 26.3. The minimum Gasteiger partial charge on any atom is -0.444 e. The summed E-state index contributed by atoms with van der Waals surface area (Å²) in [4.78, 5) is 18.5. The van der Waals surface area contributed by atoms with E-state index >= 15 is 0 Å². The summed E-state index contributed by atoms with van der Waals surface area (Å²) in [7, 11) is -3.50. The summed E-state index contributed by atoms with van der Waals surface area (Å²) in [5.74, 6) is 0. The summed E-state index contributed by atoms with van der Waals surface area (Å²) in [5.41, 5.74) is -0.159. The molecule has 0 radical (unpaired) electrons. The Morgan fingerprint density at radius 1 is 1.09 bits per heavy atom. The summed E-state index contributed by atoms with van der Waals surface area (Å²) < 4.78 is 74.3. The average molecular weight is 666 g/mol. The molecule has 1 aliphatic heterocycles. The zero-order chi connectivity index (χ0) is 32.7. The minimum absolute atomic E-state index is 0.113. The molecule has 1 fully saturated rings. The van der Waals surface area contributed by atoms with Gasteiger partial charge in [0.05, 0.1) is 24.0 Å². The number of hydrogen-bond donors (Lipinski definition) is 2. The van der Waals surface area contributed by atoms with Crippen molar-refractivity contribution in [3.8, 4) is 11.3 Å². The van der Waals surface area contributed by atoms with Crippen molar-refractivity contribution >= 4 is 50.0 Å². The number of alkyl halides is 3. The van der Waals surface area contributed by atoms with Gasteiger partial charge in [-0.2, -0.15) is 13.2 Å². The highest BCUT2D eigenvalue weighted by Crippen LogP contribution is 2.36. The van der Waals surface area contributed by atoms with E-state index in [1.807, 2.05) is 0 Å². The summed E-state index contributed by atoms with van der Waals surface area (Å²) in [6.45, 7) is 5.55. The largest absolute Gasteiger partial charge is 0.444 e. The van der Waals surface area contributed by atoms with Gasteiger partial charge >= 0.3 is 12.3 Å². The molecule has 240 valence electrons. The van der Waals surface area contributed by atoms with Crippen LogP contribution in [-0.4, -0.2) is 70.4 Å². The van der Waals surface area contributed by atoms with Crippen LogP contribution in [0.4, 0.5) is 29.3 Å². The van der Waals surface area contributed by atoms with Gasteiger partial charge in [-0.05, 0) is 63.6 Å². The Labute approximate surface area is 262 Å². The van der Waals surface area contributed by atoms with Gasteiger partial charge < -0.3 is 15.0 Å². The first-order valence-corrected chi connectivity index (χ1v) is 16.1. The Hall–Kier alpha value is -4.11. The maximum Gasteiger partial charge on any atom is 0.433 e. The van der Waals surface area contributed by atoms with Crippen LogP contribution >= 0.6 is 11.6 Å². The molecular weight excluding hydrogens is 635 g/mol. The molecule has 0 spiro atoms. The van der Waals surface area contributed by atoms with E-state index in [4.69, 9.17) is 16.3 Å². The minimum atomic E-state index is -4.69. The number of halogens is 4. The summed E-state index contributed by atoms with van der Waals surface area (Å²) in [5, 5.41) is 12.5. The van der Waals surface area contributed by atoms with Crippen molar-refractivity contribution < 1.29 is 31.1 Å². The Morgan fingerprint density at radius 3 is 2.53 bits per heavy atom. The number of anilines is 2. The lowest BCUT2D eigenvalue weighted by molar-refractivity contribution is -0.140. The van der Waals surface area contributed by atoms with Crippen molar-refractivity contribution in [1.82, 2.24) is 24.9 Å². The first kappa shape index (κ1) is 32.3. The molecule has 2 atom stereocenters. The van der Waals surface area contributed by atoms with E-state index < -0.39 is 45.7 Å². The van der Waals surface area contributed by atoms with Crippen LogP contribution in [0.3, 0.4) is 0 Å². The number of sulfonamides is 1. The van der Waals surface area contributed by atoms with Gasteiger partial charge in [-0.15, -0.1) is 5.10 Å². The van der Waals surface area contributed by atoms with E-state index in [9.17, 15) is 26.4 Å². The highest BCUT2D eigenvalue weighted by Gasteiger charge is 2.36. The summed E-state index contributed by atoms with van der Waals surface area (Å²) in [6, 6.07) is 11.0. The third-order valence-electron chi connectivity index (χ3n) is 6.85. The number of carbonyl (C=O) groups is 1. The number of nitrogens with one attached hydrogen (secondary N) is 2. The van der Waals surface area contributed by atoms with Gasteiger partial charge in [-0.1, -0.05) is 28.9 Å². The highest BCUT2D eigenvalue weighted by atomic mass is 35.5. The van der Waals surface area contributed by atoms with Gasteiger partial charge in [0.15, 0.2) is 0 Å². The van der Waals surface area contributed by atoms with Gasteiger partial charge in [0, 0.05) is 46.5 Å². The van der Waals surface area contributed by atoms with Crippen LogP contribution in [0.2, 0.25) is 5.02 Å². The van der Waals surface area contributed by atoms with E-state index in [1.165, 1.54) is 23.1 Å². The van der Waals surface area contributed by atoms with E-state index in [1.54, 1.807) is 55.9 Å². The molecule has 0 aliphatic carbocycles. The van der Waals surface area contributed by atoms with Gasteiger partial charge in [0.25, 0.3) is 0 Å². The van der Waals surface area contributed by atoms with Crippen molar-refractivity contribution in [2.24, 2.45) is 0 Å². The first-order chi connectivity index (χ1) is 20.9. The molecule has 3 heterocycles. The second-order valence-electron chi connectivity index (χ2n) is 11.9. The Morgan fingerprint density at radius 2 is 1.84 bits per heavy atom. The summed E-state index contributed by atoms with van der Waals surface area (Å²) in [6.07, 6.45) is -2.19. The molecular formula is C29H31ClF3N7O4S. The second-order valence-corrected chi connectivity index (χ2v) is 14.1. The van der Waals surface area contributed by atoms with Crippen molar-refractivity contribution in [2.45, 2.75) is 51.1 Å². The SMILES string of the molecule is CC(C)(C)OC(=O)N1C[C@H](Nc2cc(C(F)(F)F)nc3ccc(Cl)cc23)C[C@H](n2cc(-c3cccc(NS(C)(=O)=O)c3)nn2)C1. The molecule has 4 aromatic rings. The number of nitrogens with zero attached hydrogens (tertiary/aromatic N) is 5. The van der Waals surface area contributed by atoms with Crippen LogP contribution in [0.1, 0.15) is 38.9 Å². The Kier molecular flexibility index (Phi) is 8.61. The second kappa shape index (κ2) is 12.0. The zero-order valence-electron chi connectivity index (χ0n) is 24.8. The number of pyridine rings is 1. The van der Waals surface area contributed by atoms with E-state index in [0.717, 1.165) is 12.3 Å². The fraction of sp³-hybridized carbons (Fsp3) is 0.379. The fourth-order valence-corrected chi connectivity index (χ4v) is 5.80. The monoisotopic (exact) mass is 665 g/mol. The standard InChI is InChI=1S/C29H31ClF3N7O4S/c1-28(2,3)44-27(41)39-14-20(34-24-13-26(29(31,32)33)35-23-9-8-18(30)11-22(23)24)12-21(15-39)40-16-25(36-38-40)17-6-5-7-19(10-17)37-45(4,42)43/h5-11,13,16,20-21,37H,12,14-15H2,1-4H3,(H,34,35)/t20-,21+/m1/s1. The van der Waals surface area contributed by atoms with Crippen molar-refractivity contribution in [2.75, 3.05) is 29.4 Å². The Balaban J connectivity index is 1.48. The number of rotatable bonds is 6.